The van der Waals surface area contributed by atoms with Gasteiger partial charge in [0.1, 0.15) is 24.4 Å². The summed E-state index contributed by atoms with van der Waals surface area (Å²) in [6.07, 6.45) is -2.21. The van der Waals surface area contributed by atoms with Crippen molar-refractivity contribution < 1.29 is 23.7 Å². The molecule has 0 aromatic heterocycles. The average molecular weight is 683 g/mol. The molecular weight excluding hydrogens is 636 g/mol. The van der Waals surface area contributed by atoms with Crippen molar-refractivity contribution in [3.05, 3.63) is 179 Å². The Morgan fingerprint density at radius 1 is 0.510 bits per heavy atom. The van der Waals surface area contributed by atoms with E-state index in [-0.39, 0.29) is 6.61 Å². The van der Waals surface area contributed by atoms with E-state index in [4.69, 9.17) is 23.7 Å². The fourth-order valence-electron chi connectivity index (χ4n) is 6.33. The summed E-state index contributed by atoms with van der Waals surface area (Å²) in [4.78, 5) is 0. The third-order valence-electron chi connectivity index (χ3n) is 9.00. The van der Waals surface area contributed by atoms with Crippen LogP contribution in [0.15, 0.2) is 152 Å². The van der Waals surface area contributed by atoms with Crippen molar-refractivity contribution in [3.63, 3.8) is 0 Å². The second-order valence-corrected chi connectivity index (χ2v) is 12.8. The molecule has 1 fully saturated rings. The van der Waals surface area contributed by atoms with Crippen LogP contribution in [0.2, 0.25) is 0 Å². The second kappa shape index (κ2) is 19.7. The van der Waals surface area contributed by atoms with E-state index in [2.05, 4.69) is 23.5 Å². The molecule has 0 radical (unpaired) electrons. The predicted molar refractivity (Wildman–Crippen MR) is 197 cm³/mol. The van der Waals surface area contributed by atoms with Crippen LogP contribution in [0.3, 0.4) is 0 Å². The Bertz CT molecular complexity index is 1720. The van der Waals surface area contributed by atoms with Crippen LogP contribution in [-0.4, -0.2) is 43.2 Å². The van der Waals surface area contributed by atoms with E-state index in [9.17, 15) is 5.26 Å². The first-order chi connectivity index (χ1) is 25.2. The molecule has 7 heteroatoms. The maximum absolute atomic E-state index is 10.4. The normalized spacial score (nSPS) is 20.7. The lowest BCUT2D eigenvalue weighted by Gasteiger charge is -2.46. The fraction of sp³-hybridized carbons (Fsp3) is 0.295. The van der Waals surface area contributed by atoms with Gasteiger partial charge in [-0.1, -0.05) is 152 Å². The van der Waals surface area contributed by atoms with Crippen LogP contribution in [0.5, 0.6) is 0 Å². The Balaban J connectivity index is 1.30. The molecule has 0 bridgehead atoms. The van der Waals surface area contributed by atoms with Gasteiger partial charge in [0.25, 0.3) is 0 Å². The first kappa shape index (κ1) is 36.2. The van der Waals surface area contributed by atoms with Crippen LogP contribution in [0.25, 0.3) is 0 Å². The Morgan fingerprint density at radius 2 is 0.902 bits per heavy atom. The molecule has 1 aliphatic heterocycles. The summed E-state index contributed by atoms with van der Waals surface area (Å²) in [5, 5.41) is 13.8. The molecule has 7 nitrogen and oxygen atoms in total. The van der Waals surface area contributed by atoms with Gasteiger partial charge >= 0.3 is 0 Å². The highest BCUT2D eigenvalue weighted by Gasteiger charge is 2.49. The number of nitriles is 1. The summed E-state index contributed by atoms with van der Waals surface area (Å²) in [5.41, 5.74) is 5.29. The van der Waals surface area contributed by atoms with Crippen molar-refractivity contribution in [2.24, 2.45) is 0 Å². The van der Waals surface area contributed by atoms with E-state index in [1.165, 1.54) is 0 Å². The average Bonchev–Trinajstić information content (AvgIpc) is 3.19. The van der Waals surface area contributed by atoms with Gasteiger partial charge < -0.3 is 23.7 Å². The second-order valence-electron chi connectivity index (χ2n) is 12.8. The number of ether oxygens (including phenoxy) is 5. The Kier molecular flexibility index (Phi) is 13.9. The Labute approximate surface area is 301 Å². The number of hydrogen-bond donors (Lipinski definition) is 1. The maximum Gasteiger partial charge on any atom is 0.115 e. The van der Waals surface area contributed by atoms with Crippen molar-refractivity contribution in [1.29, 1.82) is 5.26 Å². The highest BCUT2D eigenvalue weighted by Crippen LogP contribution is 2.33. The summed E-state index contributed by atoms with van der Waals surface area (Å²) in [6, 6.07) is 52.5. The predicted octanol–water partition coefficient (Wildman–Crippen LogP) is 7.80. The minimum Gasteiger partial charge on any atom is -0.374 e. The minimum absolute atomic E-state index is 0.274. The maximum atomic E-state index is 10.4. The van der Waals surface area contributed by atoms with Gasteiger partial charge in [-0.2, -0.15) is 5.26 Å². The van der Waals surface area contributed by atoms with E-state index >= 15 is 0 Å². The Morgan fingerprint density at radius 3 is 1.35 bits per heavy atom. The molecular formula is C44H46N2O5. The van der Waals surface area contributed by atoms with Gasteiger partial charge in [0, 0.05) is 13.0 Å². The van der Waals surface area contributed by atoms with E-state index in [0.29, 0.717) is 39.4 Å². The summed E-state index contributed by atoms with van der Waals surface area (Å²) in [7, 11) is 0. The quantitative estimate of drug-likeness (QED) is 0.101. The van der Waals surface area contributed by atoms with Gasteiger partial charge in [-0.05, 0) is 27.8 Å². The molecule has 0 saturated carbocycles. The molecule has 1 saturated heterocycles. The first-order valence-corrected chi connectivity index (χ1v) is 17.7. The van der Waals surface area contributed by atoms with Crippen molar-refractivity contribution in [1.82, 2.24) is 5.32 Å². The Hall–Kier alpha value is -4.65. The van der Waals surface area contributed by atoms with Gasteiger partial charge in [-0.15, -0.1) is 0 Å². The first-order valence-electron chi connectivity index (χ1n) is 17.7. The van der Waals surface area contributed by atoms with Crippen LogP contribution < -0.4 is 5.32 Å². The molecule has 51 heavy (non-hydrogen) atoms. The van der Waals surface area contributed by atoms with Crippen molar-refractivity contribution in [2.75, 3.05) is 6.61 Å². The molecule has 0 spiro atoms. The van der Waals surface area contributed by atoms with Gasteiger partial charge in [-0.3, -0.25) is 5.32 Å². The smallest absolute Gasteiger partial charge is 0.115 e. The third kappa shape index (κ3) is 11.2. The standard InChI is InChI=1S/C44H46N2O5/c45-27-39(46-28-34-16-6-1-7-17-34)26-40-42(48-30-36-20-10-3-11-21-36)44(50-32-38-24-14-5-15-25-38)43(49-31-37-22-12-4-13-23-37)41(51-40)33-47-29-35-18-8-2-9-19-35/h1-25,39-44,46H,26,28-33H2/t39-,40+,41+,42+,43+,44+/m0/s1. The topological polar surface area (TPSA) is 82.0 Å². The van der Waals surface area contributed by atoms with Crippen LogP contribution in [-0.2, 0) is 56.7 Å². The molecule has 6 rings (SSSR count). The van der Waals surface area contributed by atoms with E-state index in [1.807, 2.05) is 140 Å². The zero-order chi connectivity index (χ0) is 34.9. The molecule has 0 unspecified atom stereocenters. The molecule has 0 amide bonds. The highest BCUT2D eigenvalue weighted by molar-refractivity contribution is 5.18. The van der Waals surface area contributed by atoms with Gasteiger partial charge in [-0.25, -0.2) is 0 Å². The lowest BCUT2D eigenvalue weighted by atomic mass is 9.90. The number of benzene rings is 5. The molecule has 1 aliphatic rings. The zero-order valence-corrected chi connectivity index (χ0v) is 28.8. The molecule has 5 aromatic rings. The molecule has 262 valence electrons. The lowest BCUT2D eigenvalue weighted by Crippen LogP contribution is -2.62. The third-order valence-corrected chi connectivity index (χ3v) is 9.00. The number of nitrogens with one attached hydrogen (secondary N) is 1. The number of rotatable bonds is 18. The summed E-state index contributed by atoms with van der Waals surface area (Å²) >= 11 is 0. The van der Waals surface area contributed by atoms with Crippen LogP contribution in [0, 0.1) is 11.3 Å². The summed E-state index contributed by atoms with van der Waals surface area (Å²) < 4.78 is 33.7. The van der Waals surface area contributed by atoms with Crippen LogP contribution in [0.1, 0.15) is 34.2 Å². The van der Waals surface area contributed by atoms with Crippen molar-refractivity contribution >= 4 is 0 Å². The molecule has 1 N–H and O–H groups in total. The van der Waals surface area contributed by atoms with Crippen molar-refractivity contribution in [2.45, 2.75) is 76.0 Å². The van der Waals surface area contributed by atoms with Gasteiger partial charge in [0.15, 0.2) is 0 Å². The molecule has 5 aromatic carbocycles. The highest BCUT2D eigenvalue weighted by atomic mass is 16.6. The molecule has 0 aliphatic carbocycles. The van der Waals surface area contributed by atoms with E-state index < -0.39 is 36.6 Å². The summed E-state index contributed by atoms with van der Waals surface area (Å²) in [6.45, 7) is 2.34. The SMILES string of the molecule is N#C[C@H](C[C@H]1O[C@H](COCc2ccccc2)[C@@H](OCc2ccccc2)[C@H](OCc2ccccc2)[C@@H]1OCc1ccccc1)NCc1ccccc1. The van der Waals surface area contributed by atoms with Gasteiger partial charge in [0.2, 0.25) is 0 Å². The van der Waals surface area contributed by atoms with Crippen molar-refractivity contribution in [3.8, 4) is 6.07 Å². The lowest BCUT2D eigenvalue weighted by molar-refractivity contribution is -0.274. The summed E-state index contributed by atoms with van der Waals surface area (Å²) in [5.74, 6) is 0. The van der Waals surface area contributed by atoms with E-state index in [0.717, 1.165) is 27.8 Å². The minimum atomic E-state index is -0.547. The number of nitrogens with zero attached hydrogens (tertiary/aromatic N) is 1. The van der Waals surface area contributed by atoms with Crippen LogP contribution in [0.4, 0.5) is 0 Å². The van der Waals surface area contributed by atoms with E-state index in [1.54, 1.807) is 0 Å². The molecule has 6 atom stereocenters. The van der Waals surface area contributed by atoms with Crippen LogP contribution >= 0.6 is 0 Å². The monoisotopic (exact) mass is 682 g/mol. The molecule has 1 heterocycles. The number of hydrogen-bond acceptors (Lipinski definition) is 7. The fourth-order valence-corrected chi connectivity index (χ4v) is 6.33. The van der Waals surface area contributed by atoms with Gasteiger partial charge in [0.05, 0.1) is 51.2 Å². The zero-order valence-electron chi connectivity index (χ0n) is 28.8. The largest absolute Gasteiger partial charge is 0.374 e.